The molecule has 0 amide bonds. The van der Waals surface area contributed by atoms with Crippen LogP contribution in [-0.4, -0.2) is 168 Å². The molecular weight excluding hydrogens is 1250 g/mol. The molecule has 2 saturated heterocycles. The molecule has 5 aromatic heterocycles. The molecule has 13 unspecified atom stereocenters. The number of azide groups is 2. The number of hydrogen-bond acceptors (Lipinski definition) is 32. The molecule has 2 fully saturated rings. The lowest BCUT2D eigenvalue weighted by Crippen LogP contribution is -2.55. The topological polar surface area (TPSA) is 756 Å². The van der Waals surface area contributed by atoms with Crippen molar-refractivity contribution in [1.29, 1.82) is 0 Å². The Bertz CT molecular complexity index is 3920. The molecular formula is C30H37N24O25P5. The van der Waals surface area contributed by atoms with Crippen LogP contribution < -0.4 is 22.5 Å². The second-order valence-corrected chi connectivity index (χ2v) is 24.2. The number of fused-ring (bicyclic) bond motifs is 3. The van der Waals surface area contributed by atoms with Gasteiger partial charge in [-0.05, 0) is 31.9 Å². The first kappa shape index (κ1) is 61.4. The summed E-state index contributed by atoms with van der Waals surface area (Å²) >= 11 is 0. The van der Waals surface area contributed by atoms with E-state index in [9.17, 15) is 93.5 Å². The number of aliphatic hydroxyl groups excluding tert-OH is 4. The van der Waals surface area contributed by atoms with Crippen LogP contribution in [0.4, 0.5) is 23.4 Å². The van der Waals surface area contributed by atoms with Gasteiger partial charge in [-0.1, -0.05) is 0 Å². The molecule has 4 aliphatic heterocycles. The van der Waals surface area contributed by atoms with E-state index in [4.69, 9.17) is 50.5 Å². The number of hydrogen-bond donors (Lipinski definition) is 16. The summed E-state index contributed by atoms with van der Waals surface area (Å²) in [6, 6.07) is 0. The number of aliphatic hydroxyl groups is 4. The summed E-state index contributed by atoms with van der Waals surface area (Å²) in [5.41, 5.74) is 40.5. The zero-order valence-electron chi connectivity index (χ0n) is 40.6. The predicted molar refractivity (Wildman–Crippen MR) is 262 cm³/mol. The van der Waals surface area contributed by atoms with E-state index in [-0.39, 0.29) is 22.5 Å². The third-order valence-electron chi connectivity index (χ3n) is 12.1. The van der Waals surface area contributed by atoms with E-state index < -0.39 is 171 Å². The first-order chi connectivity index (χ1) is 39.1. The number of rotatable bonds is 21. The van der Waals surface area contributed by atoms with Gasteiger partial charge in [-0.3, -0.25) is 32.5 Å². The molecule has 4 aliphatic rings. The van der Waals surface area contributed by atoms with Crippen LogP contribution in [0.2, 0.25) is 0 Å². The number of nitrogens with one attached hydrogen (secondary N) is 1. The molecule has 5 aromatic rings. The highest BCUT2D eigenvalue weighted by Gasteiger charge is 2.63. The van der Waals surface area contributed by atoms with Crippen LogP contribution in [0.5, 0.6) is 0 Å². The monoisotopic (exact) mass is 1290 g/mol. The molecule has 49 nitrogen and oxygen atoms in total. The van der Waals surface area contributed by atoms with Gasteiger partial charge < -0.3 is 91.0 Å². The van der Waals surface area contributed by atoms with Crippen LogP contribution in [0.15, 0.2) is 57.2 Å². The number of aliphatic imine (C=N–C) groups is 1. The quantitative estimate of drug-likeness (QED) is 0.0182. The second kappa shape index (κ2) is 22.1. The average molecular weight is 1290 g/mol. The molecule has 54 heteroatoms. The molecule has 19 N–H and O–H groups in total. The van der Waals surface area contributed by atoms with Gasteiger partial charge in [0.1, 0.15) is 71.1 Å². The largest absolute Gasteiger partial charge is 0.524 e. The minimum Gasteiger partial charge on any atom is -0.506 e. The van der Waals surface area contributed by atoms with Gasteiger partial charge in [0.2, 0.25) is 5.95 Å². The molecule has 13 atom stereocenters. The fourth-order valence-electron chi connectivity index (χ4n) is 9.20. The fourth-order valence-corrected chi connectivity index (χ4v) is 13.5. The van der Waals surface area contributed by atoms with E-state index in [1.165, 1.54) is 0 Å². The van der Waals surface area contributed by atoms with Crippen molar-refractivity contribution in [2.24, 2.45) is 26.1 Å². The van der Waals surface area contributed by atoms with Gasteiger partial charge in [0.05, 0.1) is 25.1 Å². The molecule has 0 spiro atoms. The minimum absolute atomic E-state index is 0.216. The molecule has 0 saturated carbocycles. The Morgan fingerprint density at radius 1 is 0.714 bits per heavy atom. The Hall–Kier alpha value is -7.12. The Morgan fingerprint density at radius 2 is 1.37 bits per heavy atom. The lowest BCUT2D eigenvalue weighted by molar-refractivity contribution is -0.174. The SMILES string of the molecule is [N-]=[N+]=Nc1nc(N)c2ncn(C3OC(CC(CC4OC(n5cnc6c(N)ncnc65)C(OP(=O)(O)O)=C4O)(OP(=O)(O)OP(=O)(O)OP(=O)(O)O)C4OC(n5cnc6c5NC(N=[N+]=[N-])(N=[N+]=[N-])N=C6N)C(O)C4O)C(O)C3OP(=O)(O)O)c2n1. The number of ether oxygens (including phenoxy) is 3. The van der Waals surface area contributed by atoms with Crippen molar-refractivity contribution >= 4 is 90.7 Å². The molecule has 452 valence electrons. The number of phosphoric acid groups is 5. The number of aromatic nitrogens is 10. The molecule has 84 heavy (non-hydrogen) atoms. The predicted octanol–water partition coefficient (Wildman–Crippen LogP) is -0.974. The minimum atomic E-state index is -6.87. The van der Waals surface area contributed by atoms with Crippen molar-refractivity contribution in [3.05, 3.63) is 73.9 Å². The van der Waals surface area contributed by atoms with Crippen LogP contribution in [0.1, 0.15) is 37.2 Å². The number of phosphoric ester groups is 3. The Morgan fingerprint density at radius 3 is 2.00 bits per heavy atom. The standard InChI is InChI=1S/C30H37N24O25P5/c31-19-9-22(38-3-37-19)52(4-39-9)26-16(75-80(59,60)61)12(55)7(72-26)1-29(77-83(68,69)79-84(70,71)78-82(65,66)67,18-14(57)15(58)25(74-18)54-6-41-11-21(33)44-30(47-50-35,48-51-36)45-24(11)54)2-8-13(56)17(76-81(62,63)64)27(73-8)53-5-40-10-20(32)42-28(46-49-34)43-23(10)53/h3-8,13-15,17-18,25-27,45,55-58H,1-2H2,(H2,33,44)(H,68,69)(H,70,71)(H2,31,37,38)(H2,32,42,43)(H2,59,60,61)(H2,62,63,64)(H2,65,66,67). The highest BCUT2D eigenvalue weighted by atomic mass is 31.3. The summed E-state index contributed by atoms with van der Waals surface area (Å²) in [5, 5.41) is 60.8. The summed E-state index contributed by atoms with van der Waals surface area (Å²) in [7, 11) is -31.4. The maximum atomic E-state index is 14.5. The van der Waals surface area contributed by atoms with Gasteiger partial charge in [-0.25, -0.2) is 62.7 Å². The summed E-state index contributed by atoms with van der Waals surface area (Å²) < 4.78 is 109. The highest BCUT2D eigenvalue weighted by molar-refractivity contribution is 7.66. The summed E-state index contributed by atoms with van der Waals surface area (Å²) in [5.74, 6) is -8.06. The first-order valence-corrected chi connectivity index (χ1v) is 29.8. The Kier molecular flexibility index (Phi) is 16.1. The normalized spacial score (nSPS) is 28.5. The Balaban J connectivity index is 1.26. The molecule has 0 bridgehead atoms. The third kappa shape index (κ3) is 12.2. The van der Waals surface area contributed by atoms with E-state index in [1.54, 1.807) is 0 Å². The smallest absolute Gasteiger partial charge is 0.506 e. The molecule has 0 radical (unpaired) electrons. The number of nitrogens with zero attached hydrogens (tertiary/aromatic N) is 20. The number of imidazole rings is 3. The highest BCUT2D eigenvalue weighted by Crippen LogP contribution is 2.68. The van der Waals surface area contributed by atoms with Gasteiger partial charge in [-0.2, -0.15) is 8.62 Å². The molecule has 0 aliphatic carbocycles. The third-order valence-corrected chi connectivity index (χ3v) is 17.0. The summed E-state index contributed by atoms with van der Waals surface area (Å²) in [6.45, 7) is 0. The average Bonchev–Trinajstić information content (AvgIpc) is 1.79. The van der Waals surface area contributed by atoms with Crippen molar-refractivity contribution in [2.45, 2.75) is 85.8 Å². The lowest BCUT2D eigenvalue weighted by atomic mass is 9.80. The molecule has 9 heterocycles. The van der Waals surface area contributed by atoms with Gasteiger partial charge in [0.15, 0.2) is 59.0 Å². The maximum absolute atomic E-state index is 14.5. The zero-order chi connectivity index (χ0) is 61.4. The fraction of sp³-hybridized carbons (Fsp3) is 0.467. The molecule has 0 aromatic carbocycles. The zero-order valence-corrected chi connectivity index (χ0v) is 45.1. The summed E-state index contributed by atoms with van der Waals surface area (Å²) in [6.07, 6.45) is -24.6. The van der Waals surface area contributed by atoms with Gasteiger partial charge in [-0.15, -0.1) is 0 Å². The van der Waals surface area contributed by atoms with Crippen molar-refractivity contribution < 1.29 is 119 Å². The van der Waals surface area contributed by atoms with Crippen molar-refractivity contribution in [3.8, 4) is 0 Å². The van der Waals surface area contributed by atoms with E-state index in [1.807, 2.05) is 0 Å². The van der Waals surface area contributed by atoms with E-state index in [0.29, 0.717) is 0 Å². The van der Waals surface area contributed by atoms with Crippen LogP contribution in [0.3, 0.4) is 0 Å². The van der Waals surface area contributed by atoms with Crippen LogP contribution in [-0.2, 0) is 59.2 Å². The number of nitrogens with two attached hydrogens (primary N) is 3. The maximum Gasteiger partial charge on any atom is 0.524 e. The van der Waals surface area contributed by atoms with Crippen molar-refractivity contribution in [3.63, 3.8) is 0 Å². The van der Waals surface area contributed by atoms with Crippen LogP contribution >= 0.6 is 39.1 Å². The van der Waals surface area contributed by atoms with Gasteiger partial charge >= 0.3 is 39.1 Å². The first-order valence-electron chi connectivity index (χ1n) is 22.2. The lowest BCUT2D eigenvalue weighted by Gasteiger charge is -2.42. The Labute approximate surface area is 459 Å². The molecule has 9 rings (SSSR count). The second-order valence-electron chi connectivity index (χ2n) is 17.5. The van der Waals surface area contributed by atoms with Crippen LogP contribution in [0, 0.1) is 0 Å². The van der Waals surface area contributed by atoms with Crippen molar-refractivity contribution in [1.82, 2.24) is 48.6 Å². The van der Waals surface area contributed by atoms with E-state index in [2.05, 4.69) is 83.9 Å². The van der Waals surface area contributed by atoms with E-state index >= 15 is 0 Å². The van der Waals surface area contributed by atoms with Crippen LogP contribution in [0.25, 0.3) is 53.7 Å². The summed E-state index contributed by atoms with van der Waals surface area (Å²) in [4.78, 5) is 120. The number of anilines is 3. The van der Waals surface area contributed by atoms with Gasteiger partial charge in [0, 0.05) is 27.6 Å². The van der Waals surface area contributed by atoms with Crippen molar-refractivity contribution in [2.75, 3.05) is 16.8 Å². The number of nitrogen functional groups attached to an aromatic ring is 2. The number of amidine groups is 1. The van der Waals surface area contributed by atoms with Gasteiger partial charge in [0.25, 0.3) is 5.91 Å². The van der Waals surface area contributed by atoms with E-state index in [0.717, 1.165) is 39.0 Å².